The molecular weight excluding hydrogens is 238 g/mol. The monoisotopic (exact) mass is 251 g/mol. The van der Waals surface area contributed by atoms with Crippen molar-refractivity contribution >= 4 is 23.1 Å². The van der Waals surface area contributed by atoms with Crippen LogP contribution in [0.1, 0.15) is 25.1 Å². The third kappa shape index (κ3) is 2.81. The first-order chi connectivity index (χ1) is 7.79. The Morgan fingerprint density at radius 3 is 2.88 bits per heavy atom. The summed E-state index contributed by atoms with van der Waals surface area (Å²) in [4.78, 5) is 9.67. The van der Waals surface area contributed by atoms with Crippen LogP contribution < -0.4 is 5.73 Å². The van der Waals surface area contributed by atoms with E-state index in [1.54, 1.807) is 23.1 Å². The molecule has 0 aliphatic heterocycles. The molecule has 0 aromatic carbocycles. The number of nitrogens with two attached hydrogens (primary N) is 1. The fourth-order valence-electron chi connectivity index (χ4n) is 1.24. The number of thiazole rings is 1. The molecule has 0 saturated carbocycles. The molecule has 0 unspecified atom stereocenters. The maximum Gasteiger partial charge on any atom is 0.154 e. The maximum atomic E-state index is 5.90. The van der Waals surface area contributed by atoms with Gasteiger partial charge in [0.15, 0.2) is 4.34 Å². The summed E-state index contributed by atoms with van der Waals surface area (Å²) in [5.41, 5.74) is 6.85. The Morgan fingerprint density at radius 1 is 1.44 bits per heavy atom. The lowest BCUT2D eigenvalue weighted by Gasteiger charge is -2.07. The van der Waals surface area contributed by atoms with Gasteiger partial charge in [0.2, 0.25) is 0 Å². The molecule has 2 N–H and O–H groups in total. The van der Waals surface area contributed by atoms with Crippen LogP contribution in [0.2, 0.25) is 0 Å². The zero-order valence-electron chi connectivity index (χ0n) is 8.96. The second-order valence-corrected chi connectivity index (χ2v) is 5.55. The molecule has 1 atom stereocenters. The van der Waals surface area contributed by atoms with E-state index in [1.165, 1.54) is 0 Å². The van der Waals surface area contributed by atoms with Crippen molar-refractivity contribution in [2.45, 2.75) is 28.6 Å². The minimum absolute atomic E-state index is 0.0407. The van der Waals surface area contributed by atoms with Gasteiger partial charge in [-0.3, -0.25) is 4.98 Å². The second-order valence-electron chi connectivity index (χ2n) is 3.33. The molecule has 2 aromatic heterocycles. The lowest BCUT2D eigenvalue weighted by atomic mass is 10.1. The van der Waals surface area contributed by atoms with Gasteiger partial charge in [0.05, 0.1) is 5.69 Å². The van der Waals surface area contributed by atoms with Crippen molar-refractivity contribution < 1.29 is 0 Å². The lowest BCUT2D eigenvalue weighted by Crippen LogP contribution is -2.10. The van der Waals surface area contributed by atoms with Crippen LogP contribution in [0.4, 0.5) is 0 Å². The number of hydrogen-bond donors (Lipinski definition) is 1. The van der Waals surface area contributed by atoms with Crippen molar-refractivity contribution in [3.8, 4) is 0 Å². The SMILES string of the molecule is CC[C@@H](N)c1ccc(Sc2nccs2)cn1. The Balaban J connectivity index is 2.07. The van der Waals surface area contributed by atoms with Gasteiger partial charge in [-0.15, -0.1) is 11.3 Å². The highest BCUT2D eigenvalue weighted by atomic mass is 32.2. The van der Waals surface area contributed by atoms with Gasteiger partial charge in [-0.25, -0.2) is 4.98 Å². The van der Waals surface area contributed by atoms with Gasteiger partial charge in [0.25, 0.3) is 0 Å². The number of aromatic nitrogens is 2. The average Bonchev–Trinajstić information content (AvgIpc) is 2.82. The molecule has 2 aromatic rings. The molecule has 0 amide bonds. The molecule has 5 heteroatoms. The van der Waals surface area contributed by atoms with Crippen molar-refractivity contribution in [2.75, 3.05) is 0 Å². The van der Waals surface area contributed by atoms with E-state index >= 15 is 0 Å². The van der Waals surface area contributed by atoms with Gasteiger partial charge in [0.1, 0.15) is 0 Å². The molecule has 2 rings (SSSR count). The first-order valence-corrected chi connectivity index (χ1v) is 6.78. The molecule has 0 fully saturated rings. The van der Waals surface area contributed by atoms with E-state index in [9.17, 15) is 0 Å². The summed E-state index contributed by atoms with van der Waals surface area (Å²) >= 11 is 3.26. The predicted octanol–water partition coefficient (Wildman–Crippen LogP) is 3.10. The zero-order valence-corrected chi connectivity index (χ0v) is 10.6. The molecule has 16 heavy (non-hydrogen) atoms. The summed E-state index contributed by atoms with van der Waals surface area (Å²) in [6.07, 6.45) is 4.57. The quantitative estimate of drug-likeness (QED) is 0.907. The fourth-order valence-corrected chi connectivity index (χ4v) is 2.81. The minimum Gasteiger partial charge on any atom is -0.323 e. The van der Waals surface area contributed by atoms with Crippen molar-refractivity contribution in [2.24, 2.45) is 5.73 Å². The number of hydrogen-bond acceptors (Lipinski definition) is 5. The van der Waals surface area contributed by atoms with Crippen LogP contribution in [0.5, 0.6) is 0 Å². The van der Waals surface area contributed by atoms with E-state index in [0.29, 0.717) is 0 Å². The first kappa shape index (κ1) is 11.6. The topological polar surface area (TPSA) is 51.8 Å². The molecule has 3 nitrogen and oxygen atoms in total. The Morgan fingerprint density at radius 2 is 2.31 bits per heavy atom. The molecule has 0 saturated heterocycles. The second kappa shape index (κ2) is 5.43. The van der Waals surface area contributed by atoms with Gasteiger partial charge in [0, 0.05) is 28.7 Å². The molecule has 2 heterocycles. The minimum atomic E-state index is 0.0407. The van der Waals surface area contributed by atoms with E-state index in [-0.39, 0.29) is 6.04 Å². The molecule has 0 aliphatic rings. The van der Waals surface area contributed by atoms with Crippen LogP contribution >= 0.6 is 23.1 Å². The Hall–Kier alpha value is -0.910. The summed E-state index contributed by atoms with van der Waals surface area (Å²) in [5.74, 6) is 0. The van der Waals surface area contributed by atoms with E-state index in [0.717, 1.165) is 21.3 Å². The molecule has 0 radical (unpaired) electrons. The Bertz CT molecular complexity index is 425. The summed E-state index contributed by atoms with van der Waals surface area (Å²) in [7, 11) is 0. The third-order valence-electron chi connectivity index (χ3n) is 2.19. The molecule has 84 valence electrons. The summed E-state index contributed by atoms with van der Waals surface area (Å²) < 4.78 is 1.04. The predicted molar refractivity (Wildman–Crippen MR) is 67.7 cm³/mol. The highest BCUT2D eigenvalue weighted by molar-refractivity contribution is 8.01. The van der Waals surface area contributed by atoms with Crippen LogP contribution in [0.25, 0.3) is 0 Å². The molecular formula is C11H13N3S2. The van der Waals surface area contributed by atoms with E-state index in [1.807, 2.05) is 29.9 Å². The van der Waals surface area contributed by atoms with Crippen LogP contribution in [0.3, 0.4) is 0 Å². The van der Waals surface area contributed by atoms with Crippen LogP contribution in [0.15, 0.2) is 39.1 Å². The molecule has 0 bridgehead atoms. The highest BCUT2D eigenvalue weighted by Gasteiger charge is 2.05. The van der Waals surface area contributed by atoms with E-state index in [2.05, 4.69) is 16.9 Å². The lowest BCUT2D eigenvalue weighted by molar-refractivity contribution is 0.674. The van der Waals surface area contributed by atoms with Crippen LogP contribution in [-0.4, -0.2) is 9.97 Å². The van der Waals surface area contributed by atoms with Gasteiger partial charge < -0.3 is 5.73 Å². The van der Waals surface area contributed by atoms with Gasteiger partial charge >= 0.3 is 0 Å². The van der Waals surface area contributed by atoms with Crippen LogP contribution in [-0.2, 0) is 0 Å². The van der Waals surface area contributed by atoms with Crippen molar-refractivity contribution in [1.82, 2.24) is 9.97 Å². The average molecular weight is 251 g/mol. The summed E-state index contributed by atoms with van der Waals surface area (Å²) in [5, 5.41) is 1.97. The van der Waals surface area contributed by atoms with Crippen LogP contribution in [0, 0.1) is 0 Å². The van der Waals surface area contributed by atoms with Crippen molar-refractivity contribution in [3.63, 3.8) is 0 Å². The van der Waals surface area contributed by atoms with E-state index < -0.39 is 0 Å². The third-order valence-corrected chi connectivity index (χ3v) is 4.05. The van der Waals surface area contributed by atoms with Gasteiger partial charge in [-0.05, 0) is 18.6 Å². The van der Waals surface area contributed by atoms with Gasteiger partial charge in [-0.2, -0.15) is 0 Å². The Kier molecular flexibility index (Phi) is 3.93. The largest absolute Gasteiger partial charge is 0.323 e. The van der Waals surface area contributed by atoms with Crippen molar-refractivity contribution in [1.29, 1.82) is 0 Å². The smallest absolute Gasteiger partial charge is 0.154 e. The summed E-state index contributed by atoms with van der Waals surface area (Å²) in [6, 6.07) is 4.08. The summed E-state index contributed by atoms with van der Waals surface area (Å²) in [6.45, 7) is 2.06. The zero-order chi connectivity index (χ0) is 11.4. The number of rotatable bonds is 4. The highest BCUT2D eigenvalue weighted by Crippen LogP contribution is 2.28. The van der Waals surface area contributed by atoms with Gasteiger partial charge in [-0.1, -0.05) is 18.7 Å². The number of nitrogens with zero attached hydrogens (tertiary/aromatic N) is 2. The molecule has 0 spiro atoms. The molecule has 0 aliphatic carbocycles. The normalized spacial score (nSPS) is 12.6. The standard InChI is InChI=1S/C11H13N3S2/c1-2-9(12)10-4-3-8(7-14-10)16-11-13-5-6-15-11/h3-7,9H,2,12H2,1H3/t9-/m1/s1. The Labute approximate surface area is 103 Å². The van der Waals surface area contributed by atoms with E-state index in [4.69, 9.17) is 5.73 Å². The number of pyridine rings is 1. The first-order valence-electron chi connectivity index (χ1n) is 5.08. The fraction of sp³-hybridized carbons (Fsp3) is 0.273. The van der Waals surface area contributed by atoms with Crippen molar-refractivity contribution in [3.05, 3.63) is 35.6 Å². The maximum absolute atomic E-state index is 5.90.